The lowest BCUT2D eigenvalue weighted by Gasteiger charge is -2.41. The molecular formula is C13H26NO3+. The third-order valence-electron chi connectivity index (χ3n) is 3.57. The van der Waals surface area contributed by atoms with E-state index in [0.717, 1.165) is 25.7 Å². The zero-order chi connectivity index (χ0) is 13.1. The second-order valence-corrected chi connectivity index (χ2v) is 6.46. The second kappa shape index (κ2) is 5.36. The first-order chi connectivity index (χ1) is 7.73. The zero-order valence-electron chi connectivity index (χ0n) is 11.3. The Morgan fingerprint density at radius 1 is 1.24 bits per heavy atom. The summed E-state index contributed by atoms with van der Waals surface area (Å²) in [6.07, 6.45) is 5.23. The minimum Gasteiger partial charge on any atom is -0.481 e. The highest BCUT2D eigenvalue weighted by molar-refractivity contribution is 5.68. The van der Waals surface area contributed by atoms with Gasteiger partial charge in [0.05, 0.1) is 27.6 Å². The Hall–Kier alpha value is -0.610. The summed E-state index contributed by atoms with van der Waals surface area (Å²) in [5.74, 6) is -0.753. The Balaban J connectivity index is 2.79. The van der Waals surface area contributed by atoms with Gasteiger partial charge in [0.2, 0.25) is 0 Å². The maximum atomic E-state index is 11.0. The van der Waals surface area contributed by atoms with Crippen LogP contribution in [-0.4, -0.2) is 54.0 Å². The molecule has 0 spiro atoms. The molecule has 1 aliphatic rings. The molecular weight excluding hydrogens is 218 g/mol. The fraction of sp³-hybridized carbons (Fsp3) is 0.923. The maximum absolute atomic E-state index is 11.0. The minimum atomic E-state index is -1.05. The van der Waals surface area contributed by atoms with Crippen molar-refractivity contribution in [2.24, 2.45) is 5.92 Å². The molecule has 17 heavy (non-hydrogen) atoms. The molecule has 1 fully saturated rings. The Morgan fingerprint density at radius 3 is 2.18 bits per heavy atom. The van der Waals surface area contributed by atoms with Crippen LogP contribution in [-0.2, 0) is 4.79 Å². The van der Waals surface area contributed by atoms with E-state index in [0.29, 0.717) is 11.0 Å². The van der Waals surface area contributed by atoms with Crippen molar-refractivity contribution in [2.45, 2.75) is 44.1 Å². The van der Waals surface area contributed by atoms with E-state index < -0.39 is 11.6 Å². The van der Waals surface area contributed by atoms with Gasteiger partial charge >= 0.3 is 5.97 Å². The zero-order valence-corrected chi connectivity index (χ0v) is 11.3. The number of hydrogen-bond acceptors (Lipinski definition) is 2. The predicted molar refractivity (Wildman–Crippen MR) is 66.7 cm³/mol. The van der Waals surface area contributed by atoms with Crippen molar-refractivity contribution in [3.05, 3.63) is 0 Å². The number of likely N-dealkylation sites (N-methyl/N-ethyl adjacent to an activating group) is 1. The number of carboxylic acid groups (broad SMARTS) is 1. The molecule has 2 N–H and O–H groups in total. The Morgan fingerprint density at radius 2 is 1.76 bits per heavy atom. The van der Waals surface area contributed by atoms with Gasteiger partial charge in [-0.05, 0) is 18.8 Å². The molecule has 4 heteroatoms. The normalized spacial score (nSPS) is 22.1. The van der Waals surface area contributed by atoms with Gasteiger partial charge in [0, 0.05) is 0 Å². The van der Waals surface area contributed by atoms with Gasteiger partial charge in [-0.3, -0.25) is 4.79 Å². The molecule has 0 heterocycles. The Labute approximate surface area is 104 Å². The van der Waals surface area contributed by atoms with Gasteiger partial charge in [0.25, 0.3) is 0 Å². The van der Waals surface area contributed by atoms with Crippen molar-refractivity contribution in [1.82, 2.24) is 0 Å². The van der Waals surface area contributed by atoms with Crippen LogP contribution in [0.4, 0.5) is 0 Å². The first-order valence-corrected chi connectivity index (χ1v) is 6.48. The molecule has 0 aromatic heterocycles. The van der Waals surface area contributed by atoms with Crippen LogP contribution in [0, 0.1) is 5.92 Å². The quantitative estimate of drug-likeness (QED) is 0.720. The minimum absolute atomic E-state index is 0.132. The van der Waals surface area contributed by atoms with Crippen molar-refractivity contribution >= 4 is 5.97 Å². The summed E-state index contributed by atoms with van der Waals surface area (Å²) >= 11 is 0. The fourth-order valence-electron chi connectivity index (χ4n) is 3.05. The molecule has 0 amide bonds. The van der Waals surface area contributed by atoms with Gasteiger partial charge in [0.15, 0.2) is 0 Å². The van der Waals surface area contributed by atoms with Crippen LogP contribution in [0.1, 0.15) is 38.5 Å². The van der Waals surface area contributed by atoms with Crippen LogP contribution in [0.15, 0.2) is 0 Å². The van der Waals surface area contributed by atoms with Crippen molar-refractivity contribution in [3.8, 4) is 0 Å². The summed E-state index contributed by atoms with van der Waals surface area (Å²) in [6, 6.07) is 0. The molecule has 0 bridgehead atoms. The van der Waals surface area contributed by atoms with E-state index in [4.69, 9.17) is 5.11 Å². The molecule has 0 radical (unpaired) electrons. The smallest absolute Gasteiger partial charge is 0.306 e. The van der Waals surface area contributed by atoms with Gasteiger partial charge < -0.3 is 14.7 Å². The van der Waals surface area contributed by atoms with E-state index in [9.17, 15) is 9.90 Å². The van der Waals surface area contributed by atoms with Gasteiger partial charge in [0.1, 0.15) is 12.1 Å². The highest BCUT2D eigenvalue weighted by Gasteiger charge is 2.43. The second-order valence-electron chi connectivity index (χ2n) is 6.46. The lowest BCUT2D eigenvalue weighted by Crippen LogP contribution is -2.54. The average Bonchev–Trinajstić information content (AvgIpc) is 2.14. The van der Waals surface area contributed by atoms with E-state index in [1.807, 2.05) is 21.1 Å². The van der Waals surface area contributed by atoms with Crippen LogP contribution in [0.3, 0.4) is 0 Å². The molecule has 1 saturated carbocycles. The lowest BCUT2D eigenvalue weighted by atomic mass is 9.74. The Kier molecular flexibility index (Phi) is 4.55. The largest absolute Gasteiger partial charge is 0.481 e. The number of nitrogens with zero attached hydrogens (tertiary/aromatic N) is 1. The number of hydrogen-bond donors (Lipinski definition) is 2. The van der Waals surface area contributed by atoms with Crippen LogP contribution >= 0.6 is 0 Å². The molecule has 0 saturated heterocycles. The monoisotopic (exact) mass is 244 g/mol. The number of quaternary nitrogens is 1. The van der Waals surface area contributed by atoms with E-state index in [2.05, 4.69) is 0 Å². The molecule has 0 aromatic rings. The Bertz CT molecular complexity index is 266. The third-order valence-corrected chi connectivity index (χ3v) is 3.57. The highest BCUT2D eigenvalue weighted by Crippen LogP contribution is 2.35. The molecule has 1 aliphatic carbocycles. The van der Waals surface area contributed by atoms with E-state index in [1.54, 1.807) is 0 Å². The molecule has 100 valence electrons. The summed E-state index contributed by atoms with van der Waals surface area (Å²) in [5, 5.41) is 19.8. The number of carbonyl (C=O) groups is 1. The van der Waals surface area contributed by atoms with Crippen molar-refractivity contribution in [2.75, 3.05) is 27.7 Å². The first-order valence-electron chi connectivity index (χ1n) is 6.48. The molecule has 0 aliphatic heterocycles. The van der Waals surface area contributed by atoms with E-state index in [1.165, 1.54) is 6.42 Å². The summed E-state index contributed by atoms with van der Waals surface area (Å²) in [5.41, 5.74) is -1.05. The SMILES string of the molecule is C[N+](C)(C)CC(O)(CC(=O)O)C1CCCCC1. The van der Waals surface area contributed by atoms with Crippen molar-refractivity contribution in [1.29, 1.82) is 0 Å². The molecule has 1 rings (SSSR count). The van der Waals surface area contributed by atoms with Crippen molar-refractivity contribution < 1.29 is 19.5 Å². The maximum Gasteiger partial charge on any atom is 0.306 e. The first kappa shape index (κ1) is 14.5. The molecule has 1 atom stereocenters. The van der Waals surface area contributed by atoms with Gasteiger partial charge in [-0.1, -0.05) is 19.3 Å². The van der Waals surface area contributed by atoms with Crippen LogP contribution in [0.5, 0.6) is 0 Å². The predicted octanol–water partition coefficient (Wildman–Crippen LogP) is 1.48. The van der Waals surface area contributed by atoms with Gasteiger partial charge in [-0.25, -0.2) is 0 Å². The number of aliphatic carboxylic acids is 1. The summed E-state index contributed by atoms with van der Waals surface area (Å²) < 4.78 is 0.597. The lowest BCUT2D eigenvalue weighted by molar-refractivity contribution is -0.877. The third kappa shape index (κ3) is 4.64. The number of carboxylic acids is 1. The average molecular weight is 244 g/mol. The molecule has 4 nitrogen and oxygen atoms in total. The summed E-state index contributed by atoms with van der Waals surface area (Å²) in [6.45, 7) is 0.504. The molecule has 1 unspecified atom stereocenters. The summed E-state index contributed by atoms with van der Waals surface area (Å²) in [7, 11) is 5.99. The van der Waals surface area contributed by atoms with E-state index >= 15 is 0 Å². The highest BCUT2D eigenvalue weighted by atomic mass is 16.4. The van der Waals surface area contributed by atoms with Gasteiger partial charge in [-0.15, -0.1) is 0 Å². The fourth-order valence-corrected chi connectivity index (χ4v) is 3.05. The standard InChI is InChI=1S/C13H25NO3/c1-14(2,3)10-13(17,9-12(15)16)11-7-5-4-6-8-11/h11,17H,4-10H2,1-3H3/p+1. The van der Waals surface area contributed by atoms with Crippen LogP contribution in [0.25, 0.3) is 0 Å². The van der Waals surface area contributed by atoms with Crippen LogP contribution < -0.4 is 0 Å². The summed E-state index contributed by atoms with van der Waals surface area (Å²) in [4.78, 5) is 11.0. The van der Waals surface area contributed by atoms with Crippen molar-refractivity contribution in [3.63, 3.8) is 0 Å². The van der Waals surface area contributed by atoms with Crippen LogP contribution in [0.2, 0.25) is 0 Å². The molecule has 0 aromatic carbocycles. The van der Waals surface area contributed by atoms with Gasteiger partial charge in [-0.2, -0.15) is 0 Å². The topological polar surface area (TPSA) is 57.5 Å². The number of aliphatic hydroxyl groups is 1. The number of rotatable bonds is 5. The van der Waals surface area contributed by atoms with E-state index in [-0.39, 0.29) is 12.3 Å².